The third kappa shape index (κ3) is 6.04. The van der Waals surface area contributed by atoms with Gasteiger partial charge in [0.05, 0.1) is 16.4 Å². The molecule has 3 heterocycles. The minimum atomic E-state index is -0.499. The van der Waals surface area contributed by atoms with Crippen molar-refractivity contribution in [3.63, 3.8) is 0 Å². The van der Waals surface area contributed by atoms with E-state index in [4.69, 9.17) is 19.4 Å². The van der Waals surface area contributed by atoms with E-state index >= 15 is 0 Å². The summed E-state index contributed by atoms with van der Waals surface area (Å²) in [6.45, 7) is 0. The highest BCUT2D eigenvalue weighted by molar-refractivity contribution is 6.17. The minimum Gasteiger partial charge on any atom is -0.456 e. The maximum Gasteiger partial charge on any atom is 0.164 e. The first kappa shape index (κ1) is 41.6. The van der Waals surface area contributed by atoms with Crippen LogP contribution in [0.5, 0.6) is 0 Å². The van der Waals surface area contributed by atoms with Crippen LogP contribution >= 0.6 is 0 Å². The molecule has 0 fully saturated rings. The maximum absolute atomic E-state index is 6.77. The smallest absolute Gasteiger partial charge is 0.164 e. The molecule has 2 aliphatic carbocycles. The summed E-state index contributed by atoms with van der Waals surface area (Å²) in [6.07, 6.45) is 0. The van der Waals surface area contributed by atoms with E-state index in [1.54, 1.807) is 0 Å². The van der Waals surface area contributed by atoms with Gasteiger partial charge in [0.1, 0.15) is 11.2 Å². The highest BCUT2D eigenvalue weighted by Crippen LogP contribution is 2.64. The van der Waals surface area contributed by atoms with E-state index in [0.29, 0.717) is 17.5 Å². The molecule has 0 amide bonds. The summed E-state index contributed by atoms with van der Waals surface area (Å²) < 4.78 is 9.22. The molecule has 75 heavy (non-hydrogen) atoms. The number of rotatable bonds is 6. The number of hydrogen-bond donors (Lipinski definition) is 0. The van der Waals surface area contributed by atoms with Crippen molar-refractivity contribution in [3.05, 3.63) is 277 Å². The van der Waals surface area contributed by atoms with Gasteiger partial charge in [-0.25, -0.2) is 15.0 Å². The van der Waals surface area contributed by atoms with E-state index in [9.17, 15) is 0 Å². The predicted octanol–water partition coefficient (Wildman–Crippen LogP) is 17.5. The second-order valence-corrected chi connectivity index (χ2v) is 19.8. The number of nitrogens with zero attached hydrogens (tertiary/aromatic N) is 4. The lowest BCUT2D eigenvalue weighted by atomic mass is 9.69. The Labute approximate surface area is 432 Å². The van der Waals surface area contributed by atoms with Gasteiger partial charge >= 0.3 is 0 Å². The molecule has 348 valence electrons. The number of para-hydroxylation sites is 1. The second-order valence-electron chi connectivity index (χ2n) is 19.8. The number of aromatic nitrogens is 4. The van der Waals surface area contributed by atoms with Crippen molar-refractivity contribution in [2.24, 2.45) is 0 Å². The zero-order chi connectivity index (χ0) is 49.2. The highest BCUT2D eigenvalue weighted by Gasteiger charge is 2.52. The van der Waals surface area contributed by atoms with Crippen LogP contribution in [-0.2, 0) is 5.41 Å². The SMILES string of the molecule is c1ccc(-c2cc(-c3ccccc3)cc(-c3nc(-c4ccccc4)nc(-c4cccc5oc6ccc(-n7c8ccccc8c8c9c(ccc87)-c7ccccc7C97c8ccccc8-c8ccccc87)cc6c45)n3)c2)cc1. The Balaban J connectivity index is 0.925. The average molecular weight is 955 g/mol. The fourth-order valence-corrected chi connectivity index (χ4v) is 12.8. The van der Waals surface area contributed by atoms with Crippen molar-refractivity contribution in [1.29, 1.82) is 0 Å². The van der Waals surface area contributed by atoms with Gasteiger partial charge in [-0.3, -0.25) is 0 Å². The van der Waals surface area contributed by atoms with Crippen molar-refractivity contribution in [2.45, 2.75) is 5.41 Å². The van der Waals surface area contributed by atoms with E-state index in [1.807, 2.05) is 30.3 Å². The van der Waals surface area contributed by atoms with Gasteiger partial charge in [0.15, 0.2) is 17.5 Å². The molecule has 0 unspecified atom stereocenters. The molecule has 3 aromatic heterocycles. The molecule has 0 radical (unpaired) electrons. The zero-order valence-electron chi connectivity index (χ0n) is 40.4. The van der Waals surface area contributed by atoms with Crippen LogP contribution in [0.25, 0.3) is 128 Å². The molecule has 0 bridgehead atoms. The number of benzene rings is 11. The van der Waals surface area contributed by atoms with Crippen LogP contribution in [0.3, 0.4) is 0 Å². The molecular weight excluding hydrogens is 913 g/mol. The molecule has 5 heteroatoms. The Morgan fingerprint density at radius 3 is 1.48 bits per heavy atom. The van der Waals surface area contributed by atoms with Crippen molar-refractivity contribution >= 4 is 43.7 Å². The number of hydrogen-bond acceptors (Lipinski definition) is 4. The lowest BCUT2D eigenvalue weighted by Crippen LogP contribution is -2.26. The molecular formula is C70H42N4O. The maximum atomic E-state index is 6.77. The molecule has 1 spiro atoms. The zero-order valence-corrected chi connectivity index (χ0v) is 40.4. The normalized spacial score (nSPS) is 12.9. The van der Waals surface area contributed by atoms with Crippen LogP contribution < -0.4 is 0 Å². The standard InChI is InChI=1S/C70H42N4O/c1-4-19-43(20-5-1)46-39-47(44-21-6-2-7-22-44)41-48(40-46)68-71-67(45-23-8-3-9-24-45)72-69(73-68)55-29-18-34-63-64(55)56-42-49(35-38-62(56)75-63)74-60-33-17-13-28-54(60)65-61(74)37-36-53-52-27-12-16-32-59(52)70(66(53)65)57-30-14-10-25-50(57)51-26-11-15-31-58(51)70/h1-42H. The summed E-state index contributed by atoms with van der Waals surface area (Å²) in [6, 6.07) is 91.5. The van der Waals surface area contributed by atoms with Crippen LogP contribution in [0.4, 0.5) is 0 Å². The van der Waals surface area contributed by atoms with Gasteiger partial charge in [-0.05, 0) is 121 Å². The second kappa shape index (κ2) is 16.0. The van der Waals surface area contributed by atoms with Gasteiger partial charge in [0.25, 0.3) is 0 Å². The van der Waals surface area contributed by atoms with Crippen LogP contribution in [0.2, 0.25) is 0 Å². The van der Waals surface area contributed by atoms with Crippen molar-refractivity contribution < 1.29 is 4.42 Å². The van der Waals surface area contributed by atoms with Gasteiger partial charge < -0.3 is 8.98 Å². The quantitative estimate of drug-likeness (QED) is 0.167. The molecule has 2 aliphatic rings. The Bertz CT molecular complexity index is 4530. The molecule has 5 nitrogen and oxygen atoms in total. The van der Waals surface area contributed by atoms with E-state index in [-0.39, 0.29) is 0 Å². The van der Waals surface area contributed by atoms with Crippen molar-refractivity contribution in [3.8, 4) is 84.4 Å². The van der Waals surface area contributed by atoms with Gasteiger partial charge in [-0.2, -0.15) is 0 Å². The highest BCUT2D eigenvalue weighted by atomic mass is 16.3. The molecule has 0 aliphatic heterocycles. The largest absolute Gasteiger partial charge is 0.456 e. The lowest BCUT2D eigenvalue weighted by Gasteiger charge is -2.31. The van der Waals surface area contributed by atoms with Gasteiger partial charge in [-0.15, -0.1) is 0 Å². The molecule has 11 aromatic carbocycles. The van der Waals surface area contributed by atoms with Crippen LogP contribution in [0.1, 0.15) is 22.3 Å². The summed E-state index contributed by atoms with van der Waals surface area (Å²) in [5.74, 6) is 1.75. The summed E-state index contributed by atoms with van der Waals surface area (Å²) >= 11 is 0. The first-order chi connectivity index (χ1) is 37.2. The summed E-state index contributed by atoms with van der Waals surface area (Å²) in [5, 5.41) is 4.41. The molecule has 0 saturated heterocycles. The monoisotopic (exact) mass is 954 g/mol. The van der Waals surface area contributed by atoms with E-state index in [0.717, 1.165) is 77.6 Å². The van der Waals surface area contributed by atoms with Crippen molar-refractivity contribution in [1.82, 2.24) is 19.5 Å². The molecule has 0 N–H and O–H groups in total. The van der Waals surface area contributed by atoms with Crippen LogP contribution in [0.15, 0.2) is 259 Å². The fourth-order valence-electron chi connectivity index (χ4n) is 12.8. The molecule has 0 atom stereocenters. The molecule has 14 aromatic rings. The van der Waals surface area contributed by atoms with Gasteiger partial charge in [-0.1, -0.05) is 200 Å². The average Bonchev–Trinajstić information content (AvgIpc) is 4.21. The lowest BCUT2D eigenvalue weighted by molar-refractivity contribution is 0.669. The van der Waals surface area contributed by atoms with E-state index in [2.05, 4.69) is 229 Å². The topological polar surface area (TPSA) is 56.7 Å². The minimum absolute atomic E-state index is 0.499. The Morgan fingerprint density at radius 2 is 0.827 bits per heavy atom. The number of fused-ring (bicyclic) bond motifs is 17. The van der Waals surface area contributed by atoms with Crippen molar-refractivity contribution in [2.75, 3.05) is 0 Å². The summed E-state index contributed by atoms with van der Waals surface area (Å²) in [4.78, 5) is 16.0. The Morgan fingerprint density at radius 1 is 0.307 bits per heavy atom. The van der Waals surface area contributed by atoms with Crippen LogP contribution in [-0.4, -0.2) is 19.5 Å². The Kier molecular flexibility index (Phi) is 8.89. The molecule has 16 rings (SSSR count). The third-order valence-electron chi connectivity index (χ3n) is 15.8. The third-order valence-corrected chi connectivity index (χ3v) is 15.8. The fraction of sp³-hybridized carbons (Fsp3) is 0.0143. The van der Waals surface area contributed by atoms with Crippen LogP contribution in [0, 0.1) is 0 Å². The van der Waals surface area contributed by atoms with Gasteiger partial charge in [0.2, 0.25) is 0 Å². The van der Waals surface area contributed by atoms with Gasteiger partial charge in [0, 0.05) is 43.9 Å². The Hall–Kier alpha value is -9.97. The number of furan rings is 1. The summed E-state index contributed by atoms with van der Waals surface area (Å²) in [5.41, 5.74) is 21.9. The van der Waals surface area contributed by atoms with E-state index < -0.39 is 5.41 Å². The summed E-state index contributed by atoms with van der Waals surface area (Å²) in [7, 11) is 0. The first-order valence-electron chi connectivity index (χ1n) is 25.6. The molecule has 0 saturated carbocycles. The predicted molar refractivity (Wildman–Crippen MR) is 305 cm³/mol. The first-order valence-corrected chi connectivity index (χ1v) is 25.6. The van der Waals surface area contributed by atoms with E-state index in [1.165, 1.54) is 55.3 Å².